The first kappa shape index (κ1) is 23.7. The van der Waals surface area contributed by atoms with Crippen molar-refractivity contribution in [2.45, 2.75) is 33.7 Å². The fourth-order valence-electron chi connectivity index (χ4n) is 3.98. The molecule has 1 aliphatic heterocycles. The first-order valence-electron chi connectivity index (χ1n) is 11.0. The predicted molar refractivity (Wildman–Crippen MR) is 132 cm³/mol. The summed E-state index contributed by atoms with van der Waals surface area (Å²) in [6.45, 7) is 8.43. The summed E-state index contributed by atoms with van der Waals surface area (Å²) in [4.78, 5) is 28.5. The van der Waals surface area contributed by atoms with Crippen molar-refractivity contribution in [3.8, 4) is 5.75 Å². The Kier molecular flexibility index (Phi) is 6.57. The lowest BCUT2D eigenvalue weighted by Crippen LogP contribution is -2.29. The van der Waals surface area contributed by atoms with Gasteiger partial charge in [0.1, 0.15) is 23.4 Å². The highest BCUT2D eigenvalue weighted by Gasteiger charge is 2.47. The molecule has 2 aromatic carbocycles. The number of hydrogen-bond donors (Lipinski definition) is 1. The van der Waals surface area contributed by atoms with Crippen LogP contribution in [0.5, 0.6) is 5.75 Å². The van der Waals surface area contributed by atoms with Gasteiger partial charge in [-0.05, 0) is 84.8 Å². The maximum atomic E-state index is 13.5. The number of thiophene rings is 1. The molecule has 0 aliphatic carbocycles. The fraction of sp³-hybridized carbons (Fsp3) is 0.259. The highest BCUT2D eigenvalue weighted by Crippen LogP contribution is 2.45. The number of carbonyl (C=O) groups is 2. The summed E-state index contributed by atoms with van der Waals surface area (Å²) in [5, 5.41) is 13.2. The Morgan fingerprint density at radius 2 is 1.79 bits per heavy atom. The lowest BCUT2D eigenvalue weighted by Gasteiger charge is -2.25. The lowest BCUT2D eigenvalue weighted by molar-refractivity contribution is -0.132. The number of rotatable bonds is 6. The zero-order valence-corrected chi connectivity index (χ0v) is 20.3. The predicted octanol–water partition coefficient (Wildman–Crippen LogP) is 6.17. The van der Waals surface area contributed by atoms with Crippen LogP contribution in [0.25, 0.3) is 5.76 Å². The lowest BCUT2D eigenvalue weighted by atomic mass is 9.97. The van der Waals surface area contributed by atoms with Gasteiger partial charge in [0.2, 0.25) is 0 Å². The number of amides is 1. The molecule has 0 spiro atoms. The number of aliphatic hydroxyl groups is 1. The molecule has 5 nitrogen and oxygen atoms in total. The third kappa shape index (κ3) is 4.35. The van der Waals surface area contributed by atoms with Gasteiger partial charge in [-0.2, -0.15) is 0 Å². The van der Waals surface area contributed by atoms with Crippen LogP contribution in [0, 0.1) is 25.6 Å². The molecule has 0 bridgehead atoms. The Balaban J connectivity index is 1.84. The monoisotopic (exact) mass is 479 g/mol. The number of nitrogens with zero attached hydrogens (tertiary/aromatic N) is 1. The molecule has 34 heavy (non-hydrogen) atoms. The number of ether oxygens (including phenoxy) is 1. The summed E-state index contributed by atoms with van der Waals surface area (Å²) in [5.74, 6) is -1.18. The molecule has 7 heteroatoms. The van der Waals surface area contributed by atoms with E-state index >= 15 is 0 Å². The number of halogens is 1. The molecule has 1 aromatic heterocycles. The van der Waals surface area contributed by atoms with Crippen molar-refractivity contribution < 1.29 is 23.8 Å². The summed E-state index contributed by atoms with van der Waals surface area (Å²) in [7, 11) is 0. The van der Waals surface area contributed by atoms with Gasteiger partial charge in [-0.15, -0.1) is 11.3 Å². The minimum atomic E-state index is -0.817. The maximum absolute atomic E-state index is 13.5. The molecule has 1 fully saturated rings. The smallest absolute Gasteiger partial charge is 0.300 e. The van der Waals surface area contributed by atoms with E-state index in [2.05, 4.69) is 13.8 Å². The molecule has 2 heterocycles. The molecule has 1 saturated heterocycles. The van der Waals surface area contributed by atoms with Crippen molar-refractivity contribution >= 4 is 34.5 Å². The van der Waals surface area contributed by atoms with Crippen molar-refractivity contribution in [1.29, 1.82) is 0 Å². The molecule has 1 amide bonds. The minimum Gasteiger partial charge on any atom is -0.507 e. The van der Waals surface area contributed by atoms with E-state index in [1.807, 2.05) is 25.3 Å². The van der Waals surface area contributed by atoms with Crippen molar-refractivity contribution in [1.82, 2.24) is 0 Å². The Hall–Kier alpha value is -3.45. The van der Waals surface area contributed by atoms with Gasteiger partial charge in [0.25, 0.3) is 11.7 Å². The number of benzene rings is 2. The number of aryl methyl sites for hydroxylation is 2. The third-order valence-electron chi connectivity index (χ3n) is 5.72. The van der Waals surface area contributed by atoms with E-state index in [-0.39, 0.29) is 11.3 Å². The average molecular weight is 480 g/mol. The normalized spacial score (nSPS) is 17.6. The van der Waals surface area contributed by atoms with Crippen molar-refractivity contribution in [3.63, 3.8) is 0 Å². The number of ketones is 1. The van der Waals surface area contributed by atoms with Gasteiger partial charge in [-0.1, -0.05) is 13.8 Å². The average Bonchev–Trinajstić information content (AvgIpc) is 3.33. The molecule has 176 valence electrons. The zero-order valence-electron chi connectivity index (χ0n) is 19.5. The van der Waals surface area contributed by atoms with Gasteiger partial charge in [-0.3, -0.25) is 14.5 Å². The quantitative estimate of drug-likeness (QED) is 0.261. The zero-order chi connectivity index (χ0) is 24.6. The van der Waals surface area contributed by atoms with Crippen LogP contribution in [0.1, 0.15) is 41.5 Å². The van der Waals surface area contributed by atoms with Crippen molar-refractivity contribution in [3.05, 3.63) is 86.9 Å². The second kappa shape index (κ2) is 9.43. The Morgan fingerprint density at radius 1 is 1.09 bits per heavy atom. The van der Waals surface area contributed by atoms with Crippen molar-refractivity contribution in [2.75, 3.05) is 11.5 Å². The number of Topliss-reactive ketones (excluding diaryl/α,β-unsaturated/α-hetero) is 1. The first-order chi connectivity index (χ1) is 16.2. The Morgan fingerprint density at radius 3 is 2.38 bits per heavy atom. The number of hydrogen-bond acceptors (Lipinski definition) is 5. The summed E-state index contributed by atoms with van der Waals surface area (Å²) in [5.41, 5.74) is 2.51. The molecule has 3 aromatic rings. The molecule has 1 N–H and O–H groups in total. The molecular weight excluding hydrogens is 453 g/mol. The highest BCUT2D eigenvalue weighted by molar-refractivity contribution is 7.10. The second-order valence-corrected chi connectivity index (χ2v) is 9.75. The van der Waals surface area contributed by atoms with Gasteiger partial charge in [0, 0.05) is 16.1 Å². The number of carbonyl (C=O) groups excluding carboxylic acids is 2. The summed E-state index contributed by atoms with van der Waals surface area (Å²) >= 11 is 1.40. The molecular formula is C27H26FNO4S. The summed E-state index contributed by atoms with van der Waals surface area (Å²) < 4.78 is 19.4. The molecule has 4 rings (SSSR count). The number of anilines is 1. The van der Waals surface area contributed by atoms with Crippen LogP contribution >= 0.6 is 11.3 Å². The topological polar surface area (TPSA) is 66.8 Å². The number of aliphatic hydroxyl groups excluding tert-OH is 1. The van der Waals surface area contributed by atoms with Crippen LogP contribution in [-0.2, 0) is 9.59 Å². The van der Waals surface area contributed by atoms with Crippen LogP contribution in [0.3, 0.4) is 0 Å². The van der Waals surface area contributed by atoms with Crippen LogP contribution < -0.4 is 9.64 Å². The molecule has 1 unspecified atom stereocenters. The van der Waals surface area contributed by atoms with Crippen LogP contribution in [0.4, 0.5) is 10.1 Å². The highest BCUT2D eigenvalue weighted by atomic mass is 32.1. The van der Waals surface area contributed by atoms with Crippen LogP contribution in [0.15, 0.2) is 59.5 Å². The van der Waals surface area contributed by atoms with E-state index in [1.54, 1.807) is 18.2 Å². The standard InChI is InChI=1S/C27H26FNO4S/c1-15(2)14-33-21-10-5-18(13-17(21)4)24(30)22-23(26-16(3)11-12-34-26)29(27(32)25(22)31)20-8-6-19(28)7-9-20/h5-13,15,23,30H,14H2,1-4H3/b24-22-. The fourth-order valence-corrected chi connectivity index (χ4v) is 5.01. The first-order valence-corrected chi connectivity index (χ1v) is 11.9. The largest absolute Gasteiger partial charge is 0.507 e. The van der Waals surface area contributed by atoms with Gasteiger partial charge < -0.3 is 9.84 Å². The van der Waals surface area contributed by atoms with Gasteiger partial charge >= 0.3 is 0 Å². The van der Waals surface area contributed by atoms with E-state index in [9.17, 15) is 19.1 Å². The Labute approximate surface area is 202 Å². The third-order valence-corrected chi connectivity index (χ3v) is 6.79. The van der Waals surface area contributed by atoms with Crippen LogP contribution in [0.2, 0.25) is 0 Å². The Bertz CT molecular complexity index is 1280. The van der Waals surface area contributed by atoms with E-state index in [0.717, 1.165) is 16.0 Å². The summed E-state index contributed by atoms with van der Waals surface area (Å²) in [6.07, 6.45) is 0. The maximum Gasteiger partial charge on any atom is 0.300 e. The van der Waals surface area contributed by atoms with Gasteiger partial charge in [0.05, 0.1) is 12.2 Å². The van der Waals surface area contributed by atoms with E-state index < -0.39 is 23.5 Å². The molecule has 1 aliphatic rings. The second-order valence-electron chi connectivity index (χ2n) is 8.80. The summed E-state index contributed by atoms with van der Waals surface area (Å²) in [6, 6.07) is 11.7. The molecule has 0 radical (unpaired) electrons. The van der Waals surface area contributed by atoms with Gasteiger partial charge in [-0.25, -0.2) is 4.39 Å². The minimum absolute atomic E-state index is 0.00937. The van der Waals surface area contributed by atoms with Gasteiger partial charge in [0.15, 0.2) is 0 Å². The molecule has 1 atom stereocenters. The van der Waals surface area contributed by atoms with Crippen LogP contribution in [-0.4, -0.2) is 23.4 Å². The molecule has 0 saturated carbocycles. The SMILES string of the molecule is Cc1cc(/C(O)=C2/C(=O)C(=O)N(c3ccc(F)cc3)C2c2sccc2C)ccc1OCC(C)C. The van der Waals surface area contributed by atoms with E-state index in [1.165, 1.54) is 40.5 Å². The van der Waals surface area contributed by atoms with E-state index in [0.29, 0.717) is 29.5 Å². The van der Waals surface area contributed by atoms with E-state index in [4.69, 9.17) is 4.74 Å². The van der Waals surface area contributed by atoms with Crippen molar-refractivity contribution in [2.24, 2.45) is 5.92 Å².